The smallest absolute Gasteiger partial charge is 0.237 e. The van der Waals surface area contributed by atoms with Crippen LogP contribution < -0.4 is 11.5 Å². The van der Waals surface area contributed by atoms with Gasteiger partial charge >= 0.3 is 0 Å². The van der Waals surface area contributed by atoms with Crippen LogP contribution in [0.25, 0.3) is 0 Å². The van der Waals surface area contributed by atoms with Crippen LogP contribution in [0.2, 0.25) is 0 Å². The van der Waals surface area contributed by atoms with Crippen molar-refractivity contribution in [2.75, 3.05) is 6.61 Å². The SMILES string of the molecule is NC(=O)[C@H](N)[C@@H]1CCCO1. The zero-order valence-corrected chi connectivity index (χ0v) is 5.75. The minimum atomic E-state index is -0.623. The second kappa shape index (κ2) is 2.98. The molecular formula is C6H12N2O2. The van der Waals surface area contributed by atoms with E-state index in [9.17, 15) is 4.79 Å². The monoisotopic (exact) mass is 144 g/mol. The molecule has 1 aliphatic heterocycles. The number of amides is 1. The van der Waals surface area contributed by atoms with Crippen LogP contribution in [0, 0.1) is 0 Å². The second-order valence-electron chi connectivity index (χ2n) is 2.48. The molecule has 2 atom stereocenters. The van der Waals surface area contributed by atoms with Crippen LogP contribution in [0.15, 0.2) is 0 Å². The summed E-state index contributed by atoms with van der Waals surface area (Å²) >= 11 is 0. The number of hydrogen-bond acceptors (Lipinski definition) is 3. The Labute approximate surface area is 59.5 Å². The minimum Gasteiger partial charge on any atom is -0.376 e. The minimum absolute atomic E-state index is 0.141. The Kier molecular flexibility index (Phi) is 2.24. The summed E-state index contributed by atoms with van der Waals surface area (Å²) in [6.45, 7) is 0.700. The average molecular weight is 144 g/mol. The zero-order chi connectivity index (χ0) is 7.56. The summed E-state index contributed by atoms with van der Waals surface area (Å²) in [5, 5.41) is 0. The van der Waals surface area contributed by atoms with Crippen LogP contribution in [0.3, 0.4) is 0 Å². The Bertz CT molecular complexity index is 132. The molecular weight excluding hydrogens is 132 g/mol. The summed E-state index contributed by atoms with van der Waals surface area (Å²) in [6.07, 6.45) is 1.69. The van der Waals surface area contributed by atoms with E-state index in [1.54, 1.807) is 0 Å². The summed E-state index contributed by atoms with van der Waals surface area (Å²) in [7, 11) is 0. The molecule has 0 radical (unpaired) electrons. The fraction of sp³-hybridized carbons (Fsp3) is 0.833. The van der Waals surface area contributed by atoms with Gasteiger partial charge in [0.05, 0.1) is 6.10 Å². The standard InChI is InChI=1S/C6H12N2O2/c7-5(6(8)9)4-2-1-3-10-4/h4-5H,1-3,7H2,(H2,8,9)/t4-,5+/m0/s1. The number of hydrogen-bond donors (Lipinski definition) is 2. The summed E-state index contributed by atoms with van der Waals surface area (Å²) in [4.78, 5) is 10.5. The van der Waals surface area contributed by atoms with Crippen molar-refractivity contribution in [3.8, 4) is 0 Å². The highest BCUT2D eigenvalue weighted by atomic mass is 16.5. The van der Waals surface area contributed by atoms with Crippen molar-refractivity contribution in [1.82, 2.24) is 0 Å². The summed E-state index contributed by atoms with van der Waals surface area (Å²) in [5.74, 6) is -0.480. The van der Waals surface area contributed by atoms with Gasteiger partial charge in [-0.15, -0.1) is 0 Å². The van der Waals surface area contributed by atoms with Crippen molar-refractivity contribution in [2.24, 2.45) is 11.5 Å². The molecule has 0 aromatic carbocycles. The molecule has 4 heteroatoms. The van der Waals surface area contributed by atoms with Crippen molar-refractivity contribution >= 4 is 5.91 Å². The van der Waals surface area contributed by atoms with Gasteiger partial charge in [0, 0.05) is 6.61 Å². The number of carbonyl (C=O) groups excluding carboxylic acids is 1. The lowest BCUT2D eigenvalue weighted by molar-refractivity contribution is -0.121. The molecule has 0 aromatic heterocycles. The lowest BCUT2D eigenvalue weighted by Gasteiger charge is -2.13. The van der Waals surface area contributed by atoms with Gasteiger partial charge in [-0.3, -0.25) is 4.79 Å². The number of ether oxygens (including phenoxy) is 1. The van der Waals surface area contributed by atoms with E-state index in [0.29, 0.717) is 6.61 Å². The molecule has 0 saturated carbocycles. The molecule has 1 aliphatic rings. The lowest BCUT2D eigenvalue weighted by atomic mass is 10.1. The van der Waals surface area contributed by atoms with Crippen LogP contribution in [-0.4, -0.2) is 24.7 Å². The van der Waals surface area contributed by atoms with E-state index in [-0.39, 0.29) is 6.10 Å². The molecule has 0 spiro atoms. The maximum absolute atomic E-state index is 10.5. The first-order chi connectivity index (χ1) is 4.72. The molecule has 1 amide bonds. The van der Waals surface area contributed by atoms with Gasteiger partial charge in [-0.2, -0.15) is 0 Å². The zero-order valence-electron chi connectivity index (χ0n) is 5.75. The highest BCUT2D eigenvalue weighted by molar-refractivity contribution is 5.80. The molecule has 0 bridgehead atoms. The van der Waals surface area contributed by atoms with Gasteiger partial charge in [0.25, 0.3) is 0 Å². The summed E-state index contributed by atoms with van der Waals surface area (Å²) < 4.78 is 5.15. The average Bonchev–Trinajstić information content (AvgIpc) is 2.36. The predicted molar refractivity (Wildman–Crippen MR) is 36.1 cm³/mol. The van der Waals surface area contributed by atoms with Crippen molar-refractivity contribution in [2.45, 2.75) is 25.0 Å². The van der Waals surface area contributed by atoms with Gasteiger partial charge < -0.3 is 16.2 Å². The van der Waals surface area contributed by atoms with Crippen molar-refractivity contribution < 1.29 is 9.53 Å². The van der Waals surface area contributed by atoms with Gasteiger partial charge in [0.2, 0.25) is 5.91 Å². The quantitative estimate of drug-likeness (QED) is 0.520. The number of carbonyl (C=O) groups is 1. The van der Waals surface area contributed by atoms with E-state index in [0.717, 1.165) is 12.8 Å². The molecule has 4 nitrogen and oxygen atoms in total. The van der Waals surface area contributed by atoms with Crippen LogP contribution in [0.5, 0.6) is 0 Å². The number of primary amides is 1. The van der Waals surface area contributed by atoms with Crippen LogP contribution >= 0.6 is 0 Å². The van der Waals surface area contributed by atoms with Crippen LogP contribution in [0.1, 0.15) is 12.8 Å². The Balaban J connectivity index is 2.39. The highest BCUT2D eigenvalue weighted by Crippen LogP contribution is 2.13. The van der Waals surface area contributed by atoms with E-state index in [4.69, 9.17) is 16.2 Å². The van der Waals surface area contributed by atoms with Gasteiger partial charge in [-0.1, -0.05) is 0 Å². The summed E-state index contributed by atoms with van der Waals surface area (Å²) in [6, 6.07) is -0.623. The first-order valence-electron chi connectivity index (χ1n) is 3.38. The van der Waals surface area contributed by atoms with Gasteiger partial charge in [0.15, 0.2) is 0 Å². The van der Waals surface area contributed by atoms with E-state index < -0.39 is 11.9 Å². The predicted octanol–water partition coefficient (Wildman–Crippen LogP) is -1.02. The van der Waals surface area contributed by atoms with E-state index in [2.05, 4.69) is 0 Å². The molecule has 0 unspecified atom stereocenters. The molecule has 1 heterocycles. The maximum atomic E-state index is 10.5. The molecule has 1 saturated heterocycles. The maximum Gasteiger partial charge on any atom is 0.237 e. The highest BCUT2D eigenvalue weighted by Gasteiger charge is 2.26. The van der Waals surface area contributed by atoms with Gasteiger partial charge in [0.1, 0.15) is 6.04 Å². The Morgan fingerprint density at radius 2 is 2.40 bits per heavy atom. The molecule has 0 aliphatic carbocycles. The molecule has 58 valence electrons. The topological polar surface area (TPSA) is 78.3 Å². The number of nitrogens with two attached hydrogens (primary N) is 2. The number of rotatable bonds is 2. The fourth-order valence-electron chi connectivity index (χ4n) is 1.07. The van der Waals surface area contributed by atoms with Crippen LogP contribution in [0.4, 0.5) is 0 Å². The Morgan fingerprint density at radius 1 is 1.70 bits per heavy atom. The van der Waals surface area contributed by atoms with Crippen molar-refractivity contribution in [3.05, 3.63) is 0 Å². The molecule has 1 rings (SSSR count). The normalized spacial score (nSPS) is 28.3. The van der Waals surface area contributed by atoms with Crippen molar-refractivity contribution in [3.63, 3.8) is 0 Å². The second-order valence-corrected chi connectivity index (χ2v) is 2.48. The van der Waals surface area contributed by atoms with Gasteiger partial charge in [-0.25, -0.2) is 0 Å². The first-order valence-corrected chi connectivity index (χ1v) is 3.38. The molecule has 0 aromatic rings. The van der Waals surface area contributed by atoms with Crippen LogP contribution in [-0.2, 0) is 9.53 Å². The first kappa shape index (κ1) is 7.50. The summed E-state index contributed by atoms with van der Waals surface area (Å²) in [5.41, 5.74) is 10.4. The van der Waals surface area contributed by atoms with Crippen molar-refractivity contribution in [1.29, 1.82) is 0 Å². The Morgan fingerprint density at radius 3 is 2.80 bits per heavy atom. The van der Waals surface area contributed by atoms with E-state index in [1.807, 2.05) is 0 Å². The third kappa shape index (κ3) is 1.46. The Hall–Kier alpha value is -0.610. The van der Waals surface area contributed by atoms with Gasteiger partial charge in [-0.05, 0) is 12.8 Å². The third-order valence-corrected chi connectivity index (χ3v) is 1.69. The molecule has 1 fully saturated rings. The third-order valence-electron chi connectivity index (χ3n) is 1.69. The lowest BCUT2D eigenvalue weighted by Crippen LogP contribution is -2.45. The molecule has 10 heavy (non-hydrogen) atoms. The molecule has 4 N–H and O–H groups in total. The fourth-order valence-corrected chi connectivity index (χ4v) is 1.07. The van der Waals surface area contributed by atoms with E-state index >= 15 is 0 Å². The van der Waals surface area contributed by atoms with E-state index in [1.165, 1.54) is 0 Å². The largest absolute Gasteiger partial charge is 0.376 e.